The van der Waals surface area contributed by atoms with E-state index in [0.717, 1.165) is 18.7 Å². The van der Waals surface area contributed by atoms with Gasteiger partial charge in [-0.15, -0.1) is 0 Å². The summed E-state index contributed by atoms with van der Waals surface area (Å²) in [4.78, 5) is 20.7. The van der Waals surface area contributed by atoms with E-state index in [-0.39, 0.29) is 5.91 Å². The van der Waals surface area contributed by atoms with E-state index in [2.05, 4.69) is 15.3 Å². The van der Waals surface area contributed by atoms with Crippen LogP contribution in [0.5, 0.6) is 0 Å². The lowest BCUT2D eigenvalue weighted by atomic mass is 10.1. The third-order valence-corrected chi connectivity index (χ3v) is 3.63. The van der Waals surface area contributed by atoms with Crippen LogP contribution in [-0.4, -0.2) is 39.3 Å². The molecule has 92 valence electrons. The van der Waals surface area contributed by atoms with Crippen molar-refractivity contribution in [2.24, 2.45) is 0 Å². The van der Waals surface area contributed by atoms with Gasteiger partial charge >= 0.3 is 0 Å². The van der Waals surface area contributed by atoms with Crippen molar-refractivity contribution < 1.29 is 9.90 Å². The molecule has 6 heteroatoms. The number of nitrogens with zero attached hydrogens (tertiary/aromatic N) is 2. The first kappa shape index (κ1) is 10.6. The number of aliphatic hydroxyl groups excluding tert-OH is 1. The van der Waals surface area contributed by atoms with Crippen molar-refractivity contribution in [3.05, 3.63) is 11.5 Å². The monoisotopic (exact) mass is 236 g/mol. The minimum atomic E-state index is -0.991. The Kier molecular flexibility index (Phi) is 2.32. The maximum absolute atomic E-state index is 11.9. The highest BCUT2D eigenvalue weighted by Crippen LogP contribution is 2.34. The average molecular weight is 236 g/mol. The van der Waals surface area contributed by atoms with Gasteiger partial charge in [0.05, 0.1) is 0 Å². The van der Waals surface area contributed by atoms with Crippen molar-refractivity contribution in [1.82, 2.24) is 14.9 Å². The number of carbonyl (C=O) groups excluding carboxylic acids is 1. The minimum absolute atomic E-state index is 0.219. The van der Waals surface area contributed by atoms with Gasteiger partial charge in [0.25, 0.3) is 5.91 Å². The highest BCUT2D eigenvalue weighted by atomic mass is 16.3. The summed E-state index contributed by atoms with van der Waals surface area (Å²) >= 11 is 0. The molecule has 1 aromatic rings. The predicted octanol–water partition coefficient (Wildman–Crippen LogP) is 0.841. The number of aromatic nitrogens is 2. The Hall–Kier alpha value is -1.56. The lowest BCUT2D eigenvalue weighted by molar-refractivity contribution is 0.0295. The number of amides is 1. The second-order valence-electron chi connectivity index (χ2n) is 4.76. The maximum Gasteiger partial charge on any atom is 0.277 e. The maximum atomic E-state index is 11.9. The van der Waals surface area contributed by atoms with Crippen molar-refractivity contribution in [3.8, 4) is 0 Å². The fourth-order valence-corrected chi connectivity index (χ4v) is 2.55. The van der Waals surface area contributed by atoms with E-state index in [9.17, 15) is 9.90 Å². The van der Waals surface area contributed by atoms with Gasteiger partial charge in [0.15, 0.2) is 5.82 Å². The number of carbonyl (C=O) groups is 1. The second-order valence-corrected chi connectivity index (χ2v) is 4.76. The van der Waals surface area contributed by atoms with Crippen molar-refractivity contribution >= 4 is 11.7 Å². The summed E-state index contributed by atoms with van der Waals surface area (Å²) in [5.41, 5.74) is 0.458. The molecule has 6 nitrogen and oxygen atoms in total. The van der Waals surface area contributed by atoms with Crippen LogP contribution in [0, 0.1) is 0 Å². The molecule has 1 aliphatic heterocycles. The summed E-state index contributed by atoms with van der Waals surface area (Å²) in [6, 6.07) is 0. The van der Waals surface area contributed by atoms with E-state index in [1.807, 2.05) is 0 Å². The topological polar surface area (TPSA) is 81.2 Å². The fraction of sp³-hybridized carbons (Fsp3) is 0.636. The van der Waals surface area contributed by atoms with Gasteiger partial charge in [-0.25, -0.2) is 4.98 Å². The molecule has 0 radical (unpaired) electrons. The van der Waals surface area contributed by atoms with Gasteiger partial charge in [-0.2, -0.15) is 0 Å². The van der Waals surface area contributed by atoms with Crippen molar-refractivity contribution in [1.29, 1.82) is 0 Å². The Bertz CT molecular complexity index is 450. The smallest absolute Gasteiger partial charge is 0.277 e. The van der Waals surface area contributed by atoms with Crippen molar-refractivity contribution in [3.63, 3.8) is 0 Å². The van der Waals surface area contributed by atoms with Gasteiger partial charge < -0.3 is 15.4 Å². The van der Waals surface area contributed by atoms with Crippen LogP contribution in [0.25, 0.3) is 0 Å². The van der Waals surface area contributed by atoms with E-state index >= 15 is 0 Å². The molecule has 2 aliphatic rings. The molecule has 0 saturated heterocycles. The lowest BCUT2D eigenvalue weighted by Gasteiger charge is -2.28. The predicted molar refractivity (Wildman–Crippen MR) is 61.5 cm³/mol. The zero-order valence-electron chi connectivity index (χ0n) is 9.73. The number of nitrogens with one attached hydrogen (secondary N) is 2. The Morgan fingerprint density at radius 1 is 1.41 bits per heavy atom. The molecule has 2 heterocycles. The Morgan fingerprint density at radius 2 is 2.12 bits per heavy atom. The Morgan fingerprint density at radius 3 is 2.82 bits per heavy atom. The fourth-order valence-electron chi connectivity index (χ4n) is 2.55. The molecule has 1 aliphatic carbocycles. The zero-order chi connectivity index (χ0) is 12.0. The van der Waals surface area contributed by atoms with E-state index in [4.69, 9.17) is 0 Å². The molecule has 1 aromatic heterocycles. The van der Waals surface area contributed by atoms with Crippen LogP contribution in [-0.2, 0) is 0 Å². The number of H-pyrrole nitrogens is 1. The van der Waals surface area contributed by atoms with Crippen LogP contribution in [0.2, 0.25) is 0 Å². The number of fused-ring (bicyclic) bond motifs is 1. The first-order chi connectivity index (χ1) is 8.16. The minimum Gasteiger partial charge on any atom is -0.356 e. The largest absolute Gasteiger partial charge is 0.356 e. The highest BCUT2D eigenvalue weighted by Gasteiger charge is 2.32. The summed E-state index contributed by atoms with van der Waals surface area (Å²) in [6.45, 7) is 0. The van der Waals surface area contributed by atoms with Crippen LogP contribution in [0.3, 0.4) is 0 Å². The van der Waals surface area contributed by atoms with Gasteiger partial charge in [0.2, 0.25) is 6.35 Å². The molecule has 0 spiro atoms. The highest BCUT2D eigenvalue weighted by molar-refractivity contribution is 5.98. The number of rotatable bonds is 1. The summed E-state index contributed by atoms with van der Waals surface area (Å²) in [5.74, 6) is 1.55. The normalized spacial score (nSPS) is 24.9. The van der Waals surface area contributed by atoms with Crippen molar-refractivity contribution in [2.75, 3.05) is 12.4 Å². The molecular weight excluding hydrogens is 220 g/mol. The molecule has 1 atom stereocenters. The molecular formula is C11H16N4O2. The number of anilines is 1. The molecule has 1 saturated carbocycles. The molecule has 3 rings (SSSR count). The number of aromatic amines is 1. The van der Waals surface area contributed by atoms with Gasteiger partial charge in [-0.3, -0.25) is 9.69 Å². The van der Waals surface area contributed by atoms with Gasteiger partial charge in [-0.1, -0.05) is 12.8 Å². The molecule has 0 bridgehead atoms. The SMILES string of the molecule is CN1C(=O)c2[nH]c(C3CCCC3)nc2NC1O. The third-order valence-electron chi connectivity index (χ3n) is 3.63. The second kappa shape index (κ2) is 3.73. The van der Waals surface area contributed by atoms with E-state index in [0.29, 0.717) is 17.4 Å². The number of aliphatic hydroxyl groups is 1. The molecule has 1 fully saturated rings. The van der Waals surface area contributed by atoms with E-state index < -0.39 is 6.35 Å². The number of hydrogen-bond donors (Lipinski definition) is 3. The van der Waals surface area contributed by atoms with E-state index in [1.54, 1.807) is 7.05 Å². The van der Waals surface area contributed by atoms with Crippen LogP contribution in [0.4, 0.5) is 5.82 Å². The van der Waals surface area contributed by atoms with Gasteiger partial charge in [0, 0.05) is 13.0 Å². The van der Waals surface area contributed by atoms with Crippen LogP contribution >= 0.6 is 0 Å². The van der Waals surface area contributed by atoms with Crippen LogP contribution in [0.15, 0.2) is 0 Å². The summed E-state index contributed by atoms with van der Waals surface area (Å²) in [6.07, 6.45) is 3.70. The first-order valence-corrected chi connectivity index (χ1v) is 5.98. The quantitative estimate of drug-likeness (QED) is 0.675. The van der Waals surface area contributed by atoms with Gasteiger partial charge in [0.1, 0.15) is 11.5 Å². The first-order valence-electron chi connectivity index (χ1n) is 5.98. The van der Waals surface area contributed by atoms with Crippen LogP contribution < -0.4 is 5.32 Å². The Labute approximate surface area is 99.0 Å². The van der Waals surface area contributed by atoms with E-state index in [1.165, 1.54) is 17.7 Å². The molecule has 17 heavy (non-hydrogen) atoms. The summed E-state index contributed by atoms with van der Waals surface area (Å²) in [7, 11) is 1.55. The molecule has 0 aromatic carbocycles. The molecule has 1 amide bonds. The zero-order valence-corrected chi connectivity index (χ0v) is 9.73. The van der Waals surface area contributed by atoms with Crippen molar-refractivity contribution in [2.45, 2.75) is 38.0 Å². The third kappa shape index (κ3) is 1.59. The average Bonchev–Trinajstić information content (AvgIpc) is 2.93. The summed E-state index contributed by atoms with van der Waals surface area (Å²) in [5, 5.41) is 12.4. The molecule has 3 N–H and O–H groups in total. The lowest BCUT2D eigenvalue weighted by Crippen LogP contribution is -2.46. The number of imidazole rings is 1. The number of hydrogen-bond acceptors (Lipinski definition) is 4. The standard InChI is InChI=1S/C11H16N4O2/c1-15-10(16)7-9(14-11(15)17)13-8(12-7)6-4-2-3-5-6/h6,11,14,17H,2-5H2,1H3,(H,12,13). The van der Waals surface area contributed by atoms with Gasteiger partial charge in [-0.05, 0) is 12.8 Å². The van der Waals surface area contributed by atoms with Crippen LogP contribution in [0.1, 0.15) is 47.9 Å². The Balaban J connectivity index is 1.94. The summed E-state index contributed by atoms with van der Waals surface area (Å²) < 4.78 is 0. The molecule has 1 unspecified atom stereocenters.